The van der Waals surface area contributed by atoms with Gasteiger partial charge in [-0.25, -0.2) is 12.7 Å². The van der Waals surface area contributed by atoms with Crippen LogP contribution >= 0.6 is 11.6 Å². The van der Waals surface area contributed by atoms with Crippen molar-refractivity contribution < 1.29 is 27.4 Å². The zero-order valence-corrected chi connectivity index (χ0v) is 18.8. The van der Waals surface area contributed by atoms with Crippen molar-refractivity contribution in [3.05, 3.63) is 41.4 Å². The van der Waals surface area contributed by atoms with Crippen LogP contribution in [0.1, 0.15) is 12.8 Å². The predicted octanol–water partition coefficient (Wildman–Crippen LogP) is 3.41. The van der Waals surface area contributed by atoms with E-state index < -0.39 is 10.0 Å². The minimum Gasteiger partial charge on any atom is -0.497 e. The van der Waals surface area contributed by atoms with Crippen LogP contribution in [0.2, 0.25) is 5.02 Å². The zero-order valence-electron chi connectivity index (χ0n) is 17.3. The van der Waals surface area contributed by atoms with Crippen LogP contribution in [0.25, 0.3) is 0 Å². The Labute approximate surface area is 181 Å². The predicted molar refractivity (Wildman–Crippen MR) is 115 cm³/mol. The van der Waals surface area contributed by atoms with Crippen LogP contribution in [0, 0.1) is 0 Å². The molecule has 1 amide bonds. The Balaban J connectivity index is 1.94. The number of amides is 1. The lowest BCUT2D eigenvalue weighted by atomic mass is 10.2. The van der Waals surface area contributed by atoms with E-state index in [-0.39, 0.29) is 23.8 Å². The van der Waals surface area contributed by atoms with Crippen LogP contribution in [0.4, 0.5) is 5.69 Å². The molecule has 164 valence electrons. The Morgan fingerprint density at radius 2 is 1.67 bits per heavy atom. The molecule has 0 aliphatic heterocycles. The largest absolute Gasteiger partial charge is 0.497 e. The van der Waals surface area contributed by atoms with E-state index in [0.717, 1.165) is 0 Å². The number of anilines is 1. The standard InChI is InChI=1S/C20H25ClN2O6S/c1-23(30(25,26)15-9-7-14(27-2)8-10-15)11-5-6-20(24)22-17-12-16(21)18(28-3)13-19(17)29-4/h7-10,12-13H,5-6,11H2,1-4H3,(H,22,24). The second-order valence-corrected chi connectivity index (χ2v) is 8.79. The van der Waals surface area contributed by atoms with Crippen LogP contribution < -0.4 is 19.5 Å². The SMILES string of the molecule is COc1ccc(S(=O)(=O)N(C)CCCC(=O)Nc2cc(Cl)c(OC)cc2OC)cc1. The van der Waals surface area contributed by atoms with Crippen LogP contribution in [-0.2, 0) is 14.8 Å². The number of hydrogen-bond acceptors (Lipinski definition) is 6. The number of hydrogen-bond donors (Lipinski definition) is 1. The van der Waals surface area contributed by atoms with Gasteiger partial charge >= 0.3 is 0 Å². The second-order valence-electron chi connectivity index (χ2n) is 6.34. The molecule has 2 aromatic rings. The summed E-state index contributed by atoms with van der Waals surface area (Å²) in [7, 11) is 2.29. The molecule has 0 aliphatic carbocycles. The highest BCUT2D eigenvalue weighted by atomic mass is 35.5. The zero-order chi connectivity index (χ0) is 22.3. The Bertz CT molecular complexity index is 980. The number of ether oxygens (including phenoxy) is 3. The number of sulfonamides is 1. The van der Waals surface area contributed by atoms with Crippen molar-refractivity contribution in [1.29, 1.82) is 0 Å². The van der Waals surface area contributed by atoms with Gasteiger partial charge in [-0.1, -0.05) is 11.6 Å². The molecule has 30 heavy (non-hydrogen) atoms. The van der Waals surface area contributed by atoms with Gasteiger partial charge in [0.25, 0.3) is 0 Å². The Hall–Kier alpha value is -2.49. The van der Waals surface area contributed by atoms with Crippen molar-refractivity contribution in [2.24, 2.45) is 0 Å². The topological polar surface area (TPSA) is 94.2 Å². The fourth-order valence-corrected chi connectivity index (χ4v) is 4.13. The maximum atomic E-state index is 12.6. The first-order valence-electron chi connectivity index (χ1n) is 9.04. The first-order chi connectivity index (χ1) is 14.2. The van der Waals surface area contributed by atoms with Crippen LogP contribution in [0.3, 0.4) is 0 Å². The van der Waals surface area contributed by atoms with Gasteiger partial charge in [0.2, 0.25) is 15.9 Å². The summed E-state index contributed by atoms with van der Waals surface area (Å²) >= 11 is 6.10. The summed E-state index contributed by atoms with van der Waals surface area (Å²) in [5.74, 6) is 1.12. The third kappa shape index (κ3) is 5.78. The first-order valence-corrected chi connectivity index (χ1v) is 10.9. The average molecular weight is 457 g/mol. The summed E-state index contributed by atoms with van der Waals surface area (Å²) in [5, 5.41) is 3.06. The summed E-state index contributed by atoms with van der Waals surface area (Å²) in [5.41, 5.74) is 0.410. The van der Waals surface area contributed by atoms with Gasteiger partial charge in [-0.05, 0) is 36.8 Å². The number of carbonyl (C=O) groups is 1. The van der Waals surface area contributed by atoms with Gasteiger partial charge in [0.15, 0.2) is 0 Å². The molecule has 2 rings (SSSR count). The van der Waals surface area contributed by atoms with E-state index in [1.165, 1.54) is 50.9 Å². The Kier molecular flexibility index (Phi) is 8.33. The van der Waals surface area contributed by atoms with Crippen LogP contribution in [0.15, 0.2) is 41.3 Å². The fourth-order valence-electron chi connectivity index (χ4n) is 2.68. The van der Waals surface area contributed by atoms with Gasteiger partial charge in [0.05, 0.1) is 36.9 Å². The molecule has 0 fully saturated rings. The highest BCUT2D eigenvalue weighted by Gasteiger charge is 2.21. The van der Waals surface area contributed by atoms with Crippen molar-refractivity contribution >= 4 is 33.2 Å². The minimum absolute atomic E-state index is 0.120. The van der Waals surface area contributed by atoms with Crippen molar-refractivity contribution in [3.63, 3.8) is 0 Å². The van der Waals surface area contributed by atoms with Crippen LogP contribution in [0.5, 0.6) is 17.2 Å². The molecule has 0 saturated heterocycles. The van der Waals surface area contributed by atoms with E-state index in [0.29, 0.717) is 34.4 Å². The smallest absolute Gasteiger partial charge is 0.242 e. The maximum Gasteiger partial charge on any atom is 0.242 e. The molecule has 0 unspecified atom stereocenters. The number of methoxy groups -OCH3 is 3. The van der Waals surface area contributed by atoms with Crippen molar-refractivity contribution in [2.45, 2.75) is 17.7 Å². The monoisotopic (exact) mass is 456 g/mol. The lowest BCUT2D eigenvalue weighted by molar-refractivity contribution is -0.116. The lowest BCUT2D eigenvalue weighted by Gasteiger charge is -2.17. The van der Waals surface area contributed by atoms with Crippen LogP contribution in [-0.4, -0.2) is 53.6 Å². The number of benzene rings is 2. The molecule has 8 nitrogen and oxygen atoms in total. The molecule has 0 bridgehead atoms. The third-order valence-corrected chi connectivity index (χ3v) is 6.56. The van der Waals surface area contributed by atoms with E-state index in [1.54, 1.807) is 18.2 Å². The summed E-state index contributed by atoms with van der Waals surface area (Å²) in [6, 6.07) is 9.25. The summed E-state index contributed by atoms with van der Waals surface area (Å²) in [6.45, 7) is 0.183. The molecule has 0 aromatic heterocycles. The van der Waals surface area contributed by atoms with E-state index >= 15 is 0 Å². The molecule has 0 saturated carbocycles. The van der Waals surface area contributed by atoms with Gasteiger partial charge in [0, 0.05) is 26.1 Å². The lowest BCUT2D eigenvalue weighted by Crippen LogP contribution is -2.28. The molecule has 2 aromatic carbocycles. The maximum absolute atomic E-state index is 12.6. The van der Waals surface area contributed by atoms with E-state index in [4.69, 9.17) is 25.8 Å². The molecule has 1 N–H and O–H groups in total. The highest BCUT2D eigenvalue weighted by molar-refractivity contribution is 7.89. The van der Waals surface area contributed by atoms with Crippen molar-refractivity contribution in [2.75, 3.05) is 40.2 Å². The number of nitrogens with zero attached hydrogens (tertiary/aromatic N) is 1. The second kappa shape index (κ2) is 10.5. The molecule has 0 radical (unpaired) electrons. The van der Waals surface area contributed by atoms with Gasteiger partial charge < -0.3 is 19.5 Å². The summed E-state index contributed by atoms with van der Waals surface area (Å²) < 4.78 is 41.9. The number of rotatable bonds is 10. The Morgan fingerprint density at radius 1 is 1.03 bits per heavy atom. The van der Waals surface area contributed by atoms with E-state index in [1.807, 2.05) is 0 Å². The molecular weight excluding hydrogens is 432 g/mol. The molecule has 10 heteroatoms. The summed E-state index contributed by atoms with van der Waals surface area (Å²) in [4.78, 5) is 12.5. The van der Waals surface area contributed by atoms with E-state index in [2.05, 4.69) is 5.32 Å². The summed E-state index contributed by atoms with van der Waals surface area (Å²) in [6.07, 6.45) is 0.458. The number of nitrogens with one attached hydrogen (secondary N) is 1. The average Bonchev–Trinajstić information content (AvgIpc) is 2.73. The number of halogens is 1. The molecule has 0 spiro atoms. The highest BCUT2D eigenvalue weighted by Crippen LogP contribution is 2.36. The van der Waals surface area contributed by atoms with Gasteiger partial charge in [0.1, 0.15) is 17.2 Å². The first kappa shape index (κ1) is 23.8. The number of carbonyl (C=O) groups excluding carboxylic acids is 1. The molecular formula is C20H25ClN2O6S. The Morgan fingerprint density at radius 3 is 2.23 bits per heavy atom. The van der Waals surface area contributed by atoms with Gasteiger partial charge in [-0.2, -0.15) is 0 Å². The quantitative estimate of drug-likeness (QED) is 0.588. The van der Waals surface area contributed by atoms with Gasteiger partial charge in [-0.15, -0.1) is 0 Å². The van der Waals surface area contributed by atoms with Gasteiger partial charge in [-0.3, -0.25) is 4.79 Å². The van der Waals surface area contributed by atoms with Crippen molar-refractivity contribution in [1.82, 2.24) is 4.31 Å². The molecule has 0 aliphatic rings. The third-order valence-electron chi connectivity index (χ3n) is 4.39. The molecule has 0 heterocycles. The normalized spacial score (nSPS) is 11.3. The fraction of sp³-hybridized carbons (Fsp3) is 0.350. The van der Waals surface area contributed by atoms with E-state index in [9.17, 15) is 13.2 Å². The minimum atomic E-state index is -3.65. The molecule has 0 atom stereocenters. The van der Waals surface area contributed by atoms with Crippen molar-refractivity contribution in [3.8, 4) is 17.2 Å².